The van der Waals surface area contributed by atoms with E-state index >= 15 is 0 Å². The summed E-state index contributed by atoms with van der Waals surface area (Å²) in [4.78, 5) is 12.1. The molecule has 2 N–H and O–H groups in total. The quantitative estimate of drug-likeness (QED) is 0.877. The van der Waals surface area contributed by atoms with Crippen molar-refractivity contribution in [3.05, 3.63) is 11.9 Å². The van der Waals surface area contributed by atoms with Crippen molar-refractivity contribution >= 4 is 6.09 Å². The van der Waals surface area contributed by atoms with E-state index in [1.165, 1.54) is 32.1 Å². The van der Waals surface area contributed by atoms with Gasteiger partial charge in [0.15, 0.2) is 0 Å². The third kappa shape index (κ3) is 4.93. The summed E-state index contributed by atoms with van der Waals surface area (Å²) in [6.07, 6.45) is 8.96. The molecule has 1 aliphatic heterocycles. The zero-order chi connectivity index (χ0) is 17.9. The van der Waals surface area contributed by atoms with Gasteiger partial charge < -0.3 is 15.4 Å². The van der Waals surface area contributed by atoms with Crippen molar-refractivity contribution in [2.45, 2.75) is 82.9 Å². The van der Waals surface area contributed by atoms with Crippen LogP contribution in [-0.4, -0.2) is 45.8 Å². The number of aromatic nitrogens is 3. The van der Waals surface area contributed by atoms with Gasteiger partial charge in [-0.25, -0.2) is 9.48 Å². The molecule has 25 heavy (non-hydrogen) atoms. The third-order valence-electron chi connectivity index (χ3n) is 5.04. The molecule has 1 aromatic rings. The zero-order valence-electron chi connectivity index (χ0n) is 15.6. The highest BCUT2D eigenvalue weighted by molar-refractivity contribution is 5.68. The molecular weight excluding hydrogens is 318 g/mol. The fourth-order valence-corrected chi connectivity index (χ4v) is 3.81. The Kier molecular flexibility index (Phi) is 5.61. The van der Waals surface area contributed by atoms with E-state index in [4.69, 9.17) is 4.74 Å². The van der Waals surface area contributed by atoms with Crippen molar-refractivity contribution < 1.29 is 9.53 Å². The summed E-state index contributed by atoms with van der Waals surface area (Å²) in [5, 5.41) is 15.2. The summed E-state index contributed by atoms with van der Waals surface area (Å²) in [6.45, 7) is 7.24. The van der Waals surface area contributed by atoms with Crippen LogP contribution in [0.25, 0.3) is 0 Å². The van der Waals surface area contributed by atoms with Gasteiger partial charge in [0.25, 0.3) is 0 Å². The lowest BCUT2D eigenvalue weighted by Crippen LogP contribution is -2.52. The molecule has 2 atom stereocenters. The summed E-state index contributed by atoms with van der Waals surface area (Å²) < 4.78 is 7.35. The number of piperidine rings is 1. The van der Waals surface area contributed by atoms with E-state index in [0.29, 0.717) is 12.5 Å². The summed E-state index contributed by atoms with van der Waals surface area (Å²) in [5.74, 6) is 0.543. The van der Waals surface area contributed by atoms with Gasteiger partial charge in [0.1, 0.15) is 5.60 Å². The van der Waals surface area contributed by atoms with Gasteiger partial charge in [-0.2, -0.15) is 0 Å². The van der Waals surface area contributed by atoms with E-state index in [9.17, 15) is 4.79 Å². The van der Waals surface area contributed by atoms with Gasteiger partial charge in [0.05, 0.1) is 17.8 Å². The Morgan fingerprint density at radius 3 is 2.76 bits per heavy atom. The minimum absolute atomic E-state index is 0.0514. The Balaban J connectivity index is 1.66. The molecule has 140 valence electrons. The number of amides is 1. The molecule has 0 radical (unpaired) electrons. The van der Waals surface area contributed by atoms with Crippen LogP contribution < -0.4 is 10.6 Å². The summed E-state index contributed by atoms with van der Waals surface area (Å²) in [7, 11) is 0. The number of rotatable bonds is 3. The highest BCUT2D eigenvalue weighted by Crippen LogP contribution is 2.32. The minimum atomic E-state index is -0.497. The first kappa shape index (κ1) is 18.2. The van der Waals surface area contributed by atoms with Gasteiger partial charge in [-0.3, -0.25) is 0 Å². The zero-order valence-corrected chi connectivity index (χ0v) is 15.6. The Hall–Kier alpha value is -1.63. The van der Waals surface area contributed by atoms with Crippen LogP contribution in [0.5, 0.6) is 0 Å². The first-order valence-corrected chi connectivity index (χ1v) is 9.54. The second-order valence-electron chi connectivity index (χ2n) is 8.27. The molecule has 0 spiro atoms. The Morgan fingerprint density at radius 1 is 1.28 bits per heavy atom. The molecular formula is C18H31N5O2. The van der Waals surface area contributed by atoms with Crippen LogP contribution >= 0.6 is 0 Å². The largest absolute Gasteiger partial charge is 0.444 e. The maximum Gasteiger partial charge on any atom is 0.407 e. The number of ether oxygens (including phenoxy) is 1. The molecule has 0 bridgehead atoms. The molecule has 3 rings (SSSR count). The van der Waals surface area contributed by atoms with Crippen LogP contribution in [-0.2, 0) is 4.74 Å². The number of hydrogen-bond donors (Lipinski definition) is 2. The number of carbonyl (C=O) groups excluding carboxylic acids is 1. The normalized spacial score (nSPS) is 25.6. The number of nitrogens with zero attached hydrogens (tertiary/aromatic N) is 3. The average molecular weight is 349 g/mol. The van der Waals surface area contributed by atoms with E-state index in [0.717, 1.165) is 18.7 Å². The van der Waals surface area contributed by atoms with Gasteiger partial charge in [-0.05, 0) is 46.6 Å². The first-order chi connectivity index (χ1) is 11.9. The molecule has 1 saturated heterocycles. The fourth-order valence-electron chi connectivity index (χ4n) is 3.81. The molecule has 1 amide bonds. The fraction of sp³-hybridized carbons (Fsp3) is 0.833. The maximum absolute atomic E-state index is 12.1. The van der Waals surface area contributed by atoms with E-state index < -0.39 is 5.60 Å². The van der Waals surface area contributed by atoms with Crippen LogP contribution in [0.3, 0.4) is 0 Å². The highest BCUT2D eigenvalue weighted by Gasteiger charge is 2.31. The second kappa shape index (κ2) is 7.72. The van der Waals surface area contributed by atoms with Crippen molar-refractivity contribution in [2.24, 2.45) is 0 Å². The van der Waals surface area contributed by atoms with Crippen molar-refractivity contribution in [3.8, 4) is 0 Å². The average Bonchev–Trinajstić information content (AvgIpc) is 3.04. The maximum atomic E-state index is 12.1. The molecule has 1 aliphatic carbocycles. The van der Waals surface area contributed by atoms with Gasteiger partial charge in [-0.1, -0.05) is 24.5 Å². The highest BCUT2D eigenvalue weighted by atomic mass is 16.6. The van der Waals surface area contributed by atoms with Crippen LogP contribution in [0.2, 0.25) is 0 Å². The Bertz CT molecular complexity index is 574. The standard InChI is InChI=1S/C18H31N5O2/c1-18(2,3)25-17(24)20-14-11-19-10-9-16(14)23-12-15(21-22-23)13-7-5-4-6-8-13/h12-14,16,19H,4-11H2,1-3H3,(H,20,24)/t14-,16-/m0/s1. The van der Waals surface area contributed by atoms with E-state index in [-0.39, 0.29) is 18.2 Å². The summed E-state index contributed by atoms with van der Waals surface area (Å²) >= 11 is 0. The molecule has 7 nitrogen and oxygen atoms in total. The van der Waals surface area contributed by atoms with Gasteiger partial charge in [0, 0.05) is 18.7 Å². The lowest BCUT2D eigenvalue weighted by Gasteiger charge is -2.33. The van der Waals surface area contributed by atoms with E-state index in [1.807, 2.05) is 25.5 Å². The van der Waals surface area contributed by atoms with E-state index in [2.05, 4.69) is 27.1 Å². The summed E-state index contributed by atoms with van der Waals surface area (Å²) in [6, 6.07) is 0.0584. The van der Waals surface area contributed by atoms with Crippen LogP contribution in [0, 0.1) is 0 Å². The van der Waals surface area contributed by atoms with Crippen molar-refractivity contribution in [2.75, 3.05) is 13.1 Å². The first-order valence-electron chi connectivity index (χ1n) is 9.54. The monoisotopic (exact) mass is 349 g/mol. The van der Waals surface area contributed by atoms with Gasteiger partial charge in [0.2, 0.25) is 0 Å². The SMILES string of the molecule is CC(C)(C)OC(=O)N[C@H]1CNCC[C@@H]1n1cc(C2CCCCC2)nn1. The number of nitrogens with one attached hydrogen (secondary N) is 2. The molecule has 0 unspecified atom stereocenters. The lowest BCUT2D eigenvalue weighted by molar-refractivity contribution is 0.0474. The van der Waals surface area contributed by atoms with Crippen molar-refractivity contribution in [1.82, 2.24) is 25.6 Å². The Morgan fingerprint density at radius 2 is 2.04 bits per heavy atom. The molecule has 0 aromatic carbocycles. The van der Waals surface area contributed by atoms with Crippen molar-refractivity contribution in [1.29, 1.82) is 0 Å². The molecule has 2 aliphatic rings. The smallest absolute Gasteiger partial charge is 0.407 e. The van der Waals surface area contributed by atoms with Crippen LogP contribution in [0.4, 0.5) is 4.79 Å². The predicted octanol–water partition coefficient (Wildman–Crippen LogP) is 2.75. The number of alkyl carbamates (subject to hydrolysis) is 1. The van der Waals surface area contributed by atoms with Crippen LogP contribution in [0.15, 0.2) is 6.20 Å². The van der Waals surface area contributed by atoms with Crippen molar-refractivity contribution in [3.63, 3.8) is 0 Å². The molecule has 2 fully saturated rings. The number of hydrogen-bond acceptors (Lipinski definition) is 5. The van der Waals surface area contributed by atoms with E-state index in [1.54, 1.807) is 0 Å². The van der Waals surface area contributed by atoms with Gasteiger partial charge in [-0.15, -0.1) is 5.10 Å². The third-order valence-corrected chi connectivity index (χ3v) is 5.04. The summed E-state index contributed by atoms with van der Waals surface area (Å²) in [5.41, 5.74) is 0.609. The molecule has 1 aromatic heterocycles. The van der Waals surface area contributed by atoms with Crippen LogP contribution in [0.1, 0.15) is 76.9 Å². The Labute approximate surface area is 149 Å². The predicted molar refractivity (Wildman–Crippen MR) is 95.5 cm³/mol. The molecule has 1 saturated carbocycles. The van der Waals surface area contributed by atoms with Gasteiger partial charge >= 0.3 is 6.09 Å². The topological polar surface area (TPSA) is 81.1 Å². The molecule has 7 heteroatoms. The second-order valence-corrected chi connectivity index (χ2v) is 8.27. The minimum Gasteiger partial charge on any atom is -0.444 e. The molecule has 2 heterocycles. The lowest BCUT2D eigenvalue weighted by atomic mass is 9.87. The number of carbonyl (C=O) groups is 1.